The van der Waals surface area contributed by atoms with Crippen molar-refractivity contribution in [3.05, 3.63) is 42.1 Å². The molecule has 0 fully saturated rings. The van der Waals surface area contributed by atoms with E-state index in [1.807, 2.05) is 23.6 Å². The molecule has 14 heavy (non-hydrogen) atoms. The highest BCUT2D eigenvalue weighted by Crippen LogP contribution is 2.34. The molecule has 0 spiro atoms. The van der Waals surface area contributed by atoms with Gasteiger partial charge in [0.1, 0.15) is 0 Å². The number of thiophene rings is 2. The van der Waals surface area contributed by atoms with Crippen LogP contribution < -0.4 is 5.73 Å². The molecular weight excluding hydrogens is 302 g/mol. The van der Waals surface area contributed by atoms with Gasteiger partial charge in [-0.15, -0.1) is 22.7 Å². The van der Waals surface area contributed by atoms with E-state index < -0.39 is 0 Å². The lowest BCUT2D eigenvalue weighted by atomic mass is 10.1. The van der Waals surface area contributed by atoms with E-state index in [0.717, 1.165) is 18.6 Å². The molecule has 1 atom stereocenters. The molecule has 2 heterocycles. The lowest BCUT2D eigenvalue weighted by Crippen LogP contribution is -2.09. The van der Waals surface area contributed by atoms with Crippen LogP contribution in [0.3, 0.4) is 0 Å². The molecule has 2 rings (SSSR count). The zero-order valence-corrected chi connectivity index (χ0v) is 11.0. The van der Waals surface area contributed by atoms with Crippen LogP contribution in [-0.4, -0.2) is 0 Å². The largest absolute Gasteiger partial charge is 0.320 e. The Morgan fingerprint density at radius 2 is 2.14 bits per heavy atom. The highest BCUT2D eigenvalue weighted by atomic mass is 79.9. The fourth-order valence-electron chi connectivity index (χ4n) is 1.18. The Morgan fingerprint density at radius 1 is 1.36 bits per heavy atom. The summed E-state index contributed by atoms with van der Waals surface area (Å²) in [5.41, 5.74) is 7.09. The maximum atomic E-state index is 6.09. The third-order valence-electron chi connectivity index (χ3n) is 1.88. The molecule has 0 aliphatic carbocycles. The maximum absolute atomic E-state index is 6.09. The molecule has 1 unspecified atom stereocenters. The molecule has 0 aliphatic heterocycles. The maximum Gasteiger partial charge on any atom is 0.0979 e. The number of rotatable bonds is 2. The van der Waals surface area contributed by atoms with Crippen LogP contribution in [0.2, 0.25) is 4.34 Å². The van der Waals surface area contributed by atoms with Crippen molar-refractivity contribution in [2.75, 3.05) is 0 Å². The minimum atomic E-state index is -0.106. The molecular formula is C9H7BrClNS2. The zero-order chi connectivity index (χ0) is 10.1. The molecule has 0 saturated heterocycles. The smallest absolute Gasteiger partial charge is 0.0979 e. The van der Waals surface area contributed by atoms with E-state index in [1.54, 1.807) is 11.3 Å². The van der Waals surface area contributed by atoms with Crippen LogP contribution in [0.5, 0.6) is 0 Å². The molecule has 5 heteroatoms. The van der Waals surface area contributed by atoms with E-state index in [1.165, 1.54) is 11.3 Å². The normalized spacial score (nSPS) is 13.1. The second-order valence-corrected chi connectivity index (χ2v) is 6.78. The van der Waals surface area contributed by atoms with Gasteiger partial charge in [-0.25, -0.2) is 0 Å². The Balaban J connectivity index is 2.33. The number of nitrogens with two attached hydrogens (primary N) is 1. The highest BCUT2D eigenvalue weighted by Gasteiger charge is 2.14. The van der Waals surface area contributed by atoms with E-state index in [2.05, 4.69) is 15.9 Å². The van der Waals surface area contributed by atoms with Crippen molar-refractivity contribution in [3.8, 4) is 0 Å². The van der Waals surface area contributed by atoms with Gasteiger partial charge in [0.15, 0.2) is 0 Å². The summed E-state index contributed by atoms with van der Waals surface area (Å²) in [5, 5.41) is 1.96. The van der Waals surface area contributed by atoms with Gasteiger partial charge in [-0.2, -0.15) is 0 Å². The van der Waals surface area contributed by atoms with Crippen molar-refractivity contribution in [3.63, 3.8) is 0 Å². The molecule has 0 aromatic carbocycles. The summed E-state index contributed by atoms with van der Waals surface area (Å²) in [6.45, 7) is 0. The average molecular weight is 309 g/mol. The minimum absolute atomic E-state index is 0.106. The predicted octanol–water partition coefficient (Wildman–Crippen LogP) is 4.27. The van der Waals surface area contributed by atoms with Crippen LogP contribution in [0.25, 0.3) is 0 Å². The van der Waals surface area contributed by atoms with Gasteiger partial charge < -0.3 is 5.73 Å². The Kier molecular flexibility index (Phi) is 3.29. The first-order chi connectivity index (χ1) is 6.68. The zero-order valence-electron chi connectivity index (χ0n) is 7.04. The van der Waals surface area contributed by atoms with Gasteiger partial charge in [0.2, 0.25) is 0 Å². The number of halogens is 2. The fraction of sp³-hybridized carbons (Fsp3) is 0.111. The molecule has 2 aromatic rings. The van der Waals surface area contributed by atoms with Gasteiger partial charge in [-0.3, -0.25) is 0 Å². The van der Waals surface area contributed by atoms with Crippen LogP contribution in [0, 0.1) is 0 Å². The van der Waals surface area contributed by atoms with Gasteiger partial charge in [-0.05, 0) is 39.5 Å². The van der Waals surface area contributed by atoms with Crippen molar-refractivity contribution in [2.45, 2.75) is 6.04 Å². The summed E-state index contributed by atoms with van der Waals surface area (Å²) >= 11 is 12.6. The van der Waals surface area contributed by atoms with Crippen LogP contribution in [0.1, 0.15) is 16.5 Å². The van der Waals surface area contributed by atoms with Crippen LogP contribution in [-0.2, 0) is 0 Å². The molecule has 0 saturated carbocycles. The first kappa shape index (κ1) is 10.6. The van der Waals surface area contributed by atoms with Gasteiger partial charge in [0.25, 0.3) is 0 Å². The quantitative estimate of drug-likeness (QED) is 0.880. The van der Waals surface area contributed by atoms with Crippen molar-refractivity contribution in [1.29, 1.82) is 0 Å². The van der Waals surface area contributed by atoms with Crippen molar-refractivity contribution >= 4 is 50.2 Å². The fourth-order valence-corrected chi connectivity index (χ4v) is 3.62. The average Bonchev–Trinajstić information content (AvgIpc) is 2.73. The van der Waals surface area contributed by atoms with Crippen LogP contribution in [0.15, 0.2) is 27.4 Å². The molecule has 0 radical (unpaired) electrons. The Bertz CT molecular complexity index is 437. The second-order valence-electron chi connectivity index (χ2n) is 2.77. The Labute approximate surface area is 104 Å². The highest BCUT2D eigenvalue weighted by molar-refractivity contribution is 9.11. The molecule has 0 bridgehead atoms. The van der Waals surface area contributed by atoms with Crippen molar-refractivity contribution in [1.82, 2.24) is 0 Å². The van der Waals surface area contributed by atoms with Gasteiger partial charge in [0.05, 0.1) is 14.2 Å². The summed E-state index contributed by atoms with van der Waals surface area (Å²) < 4.78 is 1.87. The van der Waals surface area contributed by atoms with E-state index in [4.69, 9.17) is 17.3 Å². The van der Waals surface area contributed by atoms with Gasteiger partial charge >= 0.3 is 0 Å². The standard InChI is InChI=1S/C9H7BrClNS2/c10-7-2-1-6(14-7)8(12)5-3-4-13-9(5)11/h1-4,8H,12H2. The van der Waals surface area contributed by atoms with Crippen molar-refractivity contribution in [2.24, 2.45) is 5.73 Å². The number of hydrogen-bond donors (Lipinski definition) is 1. The predicted molar refractivity (Wildman–Crippen MR) is 67.4 cm³/mol. The lowest BCUT2D eigenvalue weighted by molar-refractivity contribution is 0.900. The van der Waals surface area contributed by atoms with E-state index >= 15 is 0 Å². The first-order valence-corrected chi connectivity index (χ1v) is 6.79. The summed E-state index contributed by atoms with van der Waals surface area (Å²) in [6.07, 6.45) is 0. The van der Waals surface area contributed by atoms with Gasteiger partial charge in [0, 0.05) is 10.4 Å². The SMILES string of the molecule is NC(c1ccc(Br)s1)c1ccsc1Cl. The van der Waals surface area contributed by atoms with Gasteiger partial charge in [-0.1, -0.05) is 11.6 Å². The van der Waals surface area contributed by atoms with E-state index in [0.29, 0.717) is 0 Å². The van der Waals surface area contributed by atoms with E-state index in [9.17, 15) is 0 Å². The molecule has 0 amide bonds. The Morgan fingerprint density at radius 3 is 2.64 bits per heavy atom. The minimum Gasteiger partial charge on any atom is -0.320 e. The third-order valence-corrected chi connectivity index (χ3v) is 4.79. The summed E-state index contributed by atoms with van der Waals surface area (Å²) in [5.74, 6) is 0. The molecule has 74 valence electrons. The summed E-state index contributed by atoms with van der Waals surface area (Å²) in [4.78, 5) is 1.12. The number of hydrogen-bond acceptors (Lipinski definition) is 3. The third kappa shape index (κ3) is 2.04. The van der Waals surface area contributed by atoms with Crippen molar-refractivity contribution < 1.29 is 0 Å². The first-order valence-electron chi connectivity index (χ1n) is 3.92. The monoisotopic (exact) mass is 307 g/mol. The molecule has 0 aliphatic rings. The molecule has 2 N–H and O–H groups in total. The Hall–Kier alpha value is 0.130. The summed E-state index contributed by atoms with van der Waals surface area (Å²) in [6, 6.07) is 5.89. The lowest BCUT2D eigenvalue weighted by Gasteiger charge is -2.07. The van der Waals surface area contributed by atoms with E-state index in [-0.39, 0.29) is 6.04 Å². The second kappa shape index (κ2) is 4.33. The topological polar surface area (TPSA) is 26.0 Å². The summed E-state index contributed by atoms with van der Waals surface area (Å²) in [7, 11) is 0. The molecule has 1 nitrogen and oxygen atoms in total. The molecule has 2 aromatic heterocycles. The van der Waals surface area contributed by atoms with Crippen LogP contribution in [0.4, 0.5) is 0 Å². The van der Waals surface area contributed by atoms with Crippen LogP contribution >= 0.6 is 50.2 Å².